The van der Waals surface area contributed by atoms with E-state index in [0.29, 0.717) is 12.4 Å². The molecule has 0 aromatic carbocycles. The maximum Gasteiger partial charge on any atom is 0.214 e. The van der Waals surface area contributed by atoms with Gasteiger partial charge < -0.3 is 19.2 Å². The monoisotopic (exact) mass is 495 g/mol. The molecule has 0 atom stereocenters. The highest BCUT2D eigenvalue weighted by Crippen LogP contribution is 2.15. The van der Waals surface area contributed by atoms with Gasteiger partial charge >= 0.3 is 0 Å². The number of rotatable bonds is 4. The molecule has 2 aromatic rings. The van der Waals surface area contributed by atoms with Crippen LogP contribution in [0.25, 0.3) is 0 Å². The van der Waals surface area contributed by atoms with Gasteiger partial charge in [-0.15, -0.1) is 24.0 Å². The van der Waals surface area contributed by atoms with Gasteiger partial charge in [0.15, 0.2) is 5.96 Å². The number of halogens is 2. The molecule has 0 fully saturated rings. The summed E-state index contributed by atoms with van der Waals surface area (Å²) in [7, 11) is 5.80. The molecular weight excluding hydrogens is 473 g/mol. The van der Waals surface area contributed by atoms with Crippen LogP contribution >= 0.6 is 39.9 Å². The van der Waals surface area contributed by atoms with Crippen LogP contribution in [0.15, 0.2) is 26.1 Å². The number of aromatic nitrogens is 2. The molecular formula is C15H23BrIN5O. The molecule has 128 valence electrons. The molecule has 2 aromatic heterocycles. The van der Waals surface area contributed by atoms with Gasteiger partial charge in [-0.05, 0) is 35.8 Å². The van der Waals surface area contributed by atoms with Crippen LogP contribution in [0.1, 0.15) is 23.0 Å². The summed E-state index contributed by atoms with van der Waals surface area (Å²) in [5.41, 5.74) is 2.12. The normalized spacial score (nSPS) is 11.3. The van der Waals surface area contributed by atoms with E-state index >= 15 is 0 Å². The number of aryl methyl sites for hydroxylation is 3. The third-order valence-corrected chi connectivity index (χ3v) is 3.95. The summed E-state index contributed by atoms with van der Waals surface area (Å²) < 4.78 is 8.74. The van der Waals surface area contributed by atoms with Gasteiger partial charge in [-0.25, -0.2) is 4.98 Å². The van der Waals surface area contributed by atoms with E-state index in [-0.39, 0.29) is 24.0 Å². The largest absolute Gasteiger partial charge is 0.444 e. The fourth-order valence-corrected chi connectivity index (χ4v) is 2.77. The van der Waals surface area contributed by atoms with Crippen LogP contribution in [-0.2, 0) is 20.1 Å². The Kier molecular flexibility index (Phi) is 7.59. The zero-order chi connectivity index (χ0) is 16.3. The number of hydrogen-bond acceptors (Lipinski definition) is 3. The predicted octanol–water partition coefficient (Wildman–Crippen LogP) is 3.22. The Morgan fingerprint density at radius 3 is 2.65 bits per heavy atom. The van der Waals surface area contributed by atoms with E-state index in [1.165, 1.54) is 5.69 Å². The molecule has 8 heteroatoms. The minimum absolute atomic E-state index is 0. The summed E-state index contributed by atoms with van der Waals surface area (Å²) in [6, 6.07) is 2.10. The van der Waals surface area contributed by atoms with E-state index in [2.05, 4.69) is 46.8 Å². The van der Waals surface area contributed by atoms with Crippen LogP contribution in [0.4, 0.5) is 0 Å². The first kappa shape index (κ1) is 20.0. The smallest absolute Gasteiger partial charge is 0.214 e. The standard InChI is InChI=1S/C15H22BrN5O.HI/c1-10-11(2)22-14(19-10)7-18-15(17-3)21(5)9-13-6-12(16)8-20(13)4;/h6,8H,7,9H2,1-5H3,(H,17,18);1H. The number of aliphatic imine (C=N–C) groups is 1. The van der Waals surface area contributed by atoms with Gasteiger partial charge in [-0.1, -0.05) is 0 Å². The average Bonchev–Trinajstić information content (AvgIpc) is 2.93. The zero-order valence-electron chi connectivity index (χ0n) is 14.1. The van der Waals surface area contributed by atoms with Crippen LogP contribution in [0, 0.1) is 13.8 Å². The first-order chi connectivity index (χ1) is 10.4. The third kappa shape index (κ3) is 5.23. The number of hydrogen-bond donors (Lipinski definition) is 1. The molecule has 0 spiro atoms. The van der Waals surface area contributed by atoms with Gasteiger partial charge in [-0.3, -0.25) is 4.99 Å². The summed E-state index contributed by atoms with van der Waals surface area (Å²) in [6.45, 7) is 5.13. The molecule has 0 amide bonds. The lowest BCUT2D eigenvalue weighted by molar-refractivity contribution is 0.437. The Labute approximate surface area is 162 Å². The molecule has 0 bridgehead atoms. The SMILES string of the molecule is CN=C(NCc1nc(C)c(C)o1)N(C)Cc1cc(Br)cn1C.I. The second-order valence-corrected chi connectivity index (χ2v) is 6.18. The van der Waals surface area contributed by atoms with Crippen molar-refractivity contribution in [2.45, 2.75) is 26.9 Å². The molecule has 1 N–H and O–H groups in total. The highest BCUT2D eigenvalue weighted by molar-refractivity contribution is 14.0. The Hall–Kier alpha value is -1.03. The fraction of sp³-hybridized carbons (Fsp3) is 0.467. The zero-order valence-corrected chi connectivity index (χ0v) is 18.0. The Morgan fingerprint density at radius 2 is 2.17 bits per heavy atom. The van der Waals surface area contributed by atoms with Crippen molar-refractivity contribution in [1.29, 1.82) is 0 Å². The molecule has 0 saturated carbocycles. The van der Waals surface area contributed by atoms with Crippen LogP contribution in [0.3, 0.4) is 0 Å². The van der Waals surface area contributed by atoms with E-state index in [9.17, 15) is 0 Å². The second-order valence-electron chi connectivity index (χ2n) is 5.27. The lowest BCUT2D eigenvalue weighted by Gasteiger charge is -2.21. The number of nitrogens with zero attached hydrogens (tertiary/aromatic N) is 4. The van der Waals surface area contributed by atoms with E-state index in [0.717, 1.165) is 28.4 Å². The van der Waals surface area contributed by atoms with Crippen molar-refractivity contribution < 1.29 is 4.42 Å². The summed E-state index contributed by atoms with van der Waals surface area (Å²) in [4.78, 5) is 10.7. The lowest BCUT2D eigenvalue weighted by atomic mass is 10.4. The maximum atomic E-state index is 5.57. The van der Waals surface area contributed by atoms with E-state index in [1.807, 2.05) is 34.1 Å². The number of oxazole rings is 1. The van der Waals surface area contributed by atoms with Crippen molar-refractivity contribution in [3.8, 4) is 0 Å². The van der Waals surface area contributed by atoms with Crippen molar-refractivity contribution >= 4 is 45.9 Å². The molecule has 0 aliphatic heterocycles. The first-order valence-corrected chi connectivity index (χ1v) is 7.85. The molecule has 0 saturated heterocycles. The highest BCUT2D eigenvalue weighted by atomic mass is 127. The Balaban J connectivity index is 0.00000264. The summed E-state index contributed by atoms with van der Waals surface area (Å²) in [5, 5.41) is 3.27. The number of guanidine groups is 1. The summed E-state index contributed by atoms with van der Waals surface area (Å²) >= 11 is 3.49. The van der Waals surface area contributed by atoms with Crippen LogP contribution < -0.4 is 5.32 Å². The Morgan fingerprint density at radius 1 is 1.48 bits per heavy atom. The minimum atomic E-state index is 0. The lowest BCUT2D eigenvalue weighted by Crippen LogP contribution is -2.38. The fourth-order valence-electron chi connectivity index (χ4n) is 2.20. The van der Waals surface area contributed by atoms with Gasteiger partial charge in [0.25, 0.3) is 0 Å². The van der Waals surface area contributed by atoms with Gasteiger partial charge in [0.2, 0.25) is 5.89 Å². The van der Waals surface area contributed by atoms with Crippen molar-refractivity contribution in [2.75, 3.05) is 14.1 Å². The van der Waals surface area contributed by atoms with Gasteiger partial charge in [0.1, 0.15) is 5.76 Å². The van der Waals surface area contributed by atoms with E-state index < -0.39 is 0 Å². The van der Waals surface area contributed by atoms with E-state index in [4.69, 9.17) is 4.42 Å². The topological polar surface area (TPSA) is 58.6 Å². The summed E-state index contributed by atoms with van der Waals surface area (Å²) in [6.07, 6.45) is 2.04. The van der Waals surface area contributed by atoms with Gasteiger partial charge in [0.05, 0.1) is 18.8 Å². The van der Waals surface area contributed by atoms with Crippen LogP contribution in [0.5, 0.6) is 0 Å². The highest BCUT2D eigenvalue weighted by Gasteiger charge is 2.11. The number of nitrogens with one attached hydrogen (secondary N) is 1. The average molecular weight is 496 g/mol. The molecule has 0 aliphatic carbocycles. The van der Waals surface area contributed by atoms with E-state index in [1.54, 1.807) is 7.05 Å². The van der Waals surface area contributed by atoms with Crippen molar-refractivity contribution in [2.24, 2.45) is 12.0 Å². The predicted molar refractivity (Wildman–Crippen MR) is 106 cm³/mol. The van der Waals surface area contributed by atoms with Crippen LogP contribution in [0.2, 0.25) is 0 Å². The second kappa shape index (κ2) is 8.72. The third-order valence-electron chi connectivity index (χ3n) is 3.52. The molecule has 0 aliphatic rings. The van der Waals surface area contributed by atoms with Crippen molar-refractivity contribution in [3.05, 3.63) is 39.8 Å². The van der Waals surface area contributed by atoms with Gasteiger partial charge in [0, 0.05) is 37.5 Å². The Bertz CT molecular complexity index is 660. The minimum Gasteiger partial charge on any atom is -0.444 e. The maximum absolute atomic E-state index is 5.57. The van der Waals surface area contributed by atoms with Gasteiger partial charge in [-0.2, -0.15) is 0 Å². The summed E-state index contributed by atoms with van der Waals surface area (Å²) in [5.74, 6) is 2.32. The molecule has 6 nitrogen and oxygen atoms in total. The molecule has 2 rings (SSSR count). The quantitative estimate of drug-likeness (QED) is 0.402. The molecule has 0 unspecified atom stereocenters. The van der Waals surface area contributed by atoms with Crippen LogP contribution in [-0.4, -0.2) is 34.5 Å². The van der Waals surface area contributed by atoms with Crippen molar-refractivity contribution in [3.63, 3.8) is 0 Å². The first-order valence-electron chi connectivity index (χ1n) is 7.06. The van der Waals surface area contributed by atoms with Crippen molar-refractivity contribution in [1.82, 2.24) is 19.8 Å². The molecule has 0 radical (unpaired) electrons. The molecule has 2 heterocycles. The molecule has 23 heavy (non-hydrogen) atoms.